The standard InChI is InChI=1S/C19H23F2N11O8P2S2/c20-7-5(1-37-41(35)43)39-18(31-4-26-10-15(31)27-19(23)28-16(10)34)12(7)42(36,44)38-2-6-11(33)8(21)17(40-6)32-14-9(29-30-32)13(22)24-3-25-14/h3-8,11-12,17-18,33,41H,1-2H2,(H,35,43)(H,36,44)(H2,22,24,25)(H3,23,27,28,34)/t5-,6-,7-,8+,11-,12-,17-,18-,42?/m1/s1. The second kappa shape index (κ2) is 11.9. The highest BCUT2D eigenvalue weighted by Gasteiger charge is 2.55. The fraction of sp³-hybridized carbons (Fsp3) is 0.526. The molecule has 6 rings (SSSR count). The van der Waals surface area contributed by atoms with Crippen molar-refractivity contribution in [2.24, 2.45) is 0 Å². The minimum absolute atomic E-state index is 0.00836. The van der Waals surface area contributed by atoms with Crippen LogP contribution in [0.25, 0.3) is 22.3 Å². The maximum absolute atomic E-state index is 16.0. The lowest BCUT2D eigenvalue weighted by atomic mass is 10.1. The zero-order valence-electron chi connectivity index (χ0n) is 21.8. The van der Waals surface area contributed by atoms with E-state index in [1.165, 1.54) is 0 Å². The lowest BCUT2D eigenvalue weighted by Gasteiger charge is -2.29. The molecule has 238 valence electrons. The van der Waals surface area contributed by atoms with Crippen LogP contribution in [0.1, 0.15) is 12.5 Å². The van der Waals surface area contributed by atoms with Gasteiger partial charge in [0, 0.05) is 0 Å². The van der Waals surface area contributed by atoms with Crippen molar-refractivity contribution in [3.8, 4) is 0 Å². The number of nitrogen functional groups attached to an aromatic ring is 2. The van der Waals surface area contributed by atoms with Crippen molar-refractivity contribution >= 4 is 71.4 Å². The van der Waals surface area contributed by atoms with Gasteiger partial charge in [-0.3, -0.25) is 14.3 Å². The zero-order valence-corrected chi connectivity index (χ0v) is 25.4. The van der Waals surface area contributed by atoms with Crippen molar-refractivity contribution in [1.29, 1.82) is 0 Å². The van der Waals surface area contributed by atoms with Gasteiger partial charge in [-0.1, -0.05) is 5.21 Å². The summed E-state index contributed by atoms with van der Waals surface area (Å²) in [4.78, 5) is 51.2. The quantitative estimate of drug-likeness (QED) is 0.109. The molecule has 2 aliphatic rings. The number of nitrogens with zero attached hydrogens (tertiary/aromatic N) is 8. The molecule has 0 radical (unpaired) electrons. The summed E-state index contributed by atoms with van der Waals surface area (Å²) in [6.45, 7) is -5.47. The molecule has 8 N–H and O–H groups in total. The van der Waals surface area contributed by atoms with Crippen LogP contribution in [0.3, 0.4) is 0 Å². The number of aromatic nitrogens is 9. The predicted octanol–water partition coefficient (Wildman–Crippen LogP) is -1.45. The molecular weight excluding hydrogens is 674 g/mol. The van der Waals surface area contributed by atoms with E-state index in [0.717, 1.165) is 21.9 Å². The van der Waals surface area contributed by atoms with Gasteiger partial charge < -0.3 is 44.9 Å². The van der Waals surface area contributed by atoms with Crippen LogP contribution in [0, 0.1) is 0 Å². The zero-order chi connectivity index (χ0) is 31.5. The van der Waals surface area contributed by atoms with E-state index in [0.29, 0.717) is 0 Å². The molecule has 44 heavy (non-hydrogen) atoms. The van der Waals surface area contributed by atoms with Gasteiger partial charge in [-0.25, -0.2) is 23.7 Å². The van der Waals surface area contributed by atoms with Crippen LogP contribution < -0.4 is 17.0 Å². The summed E-state index contributed by atoms with van der Waals surface area (Å²) in [7, 11) is -2.66. The molecule has 0 bridgehead atoms. The molecule has 2 aliphatic heterocycles. The number of rotatable bonds is 9. The van der Waals surface area contributed by atoms with Crippen molar-refractivity contribution in [2.75, 3.05) is 24.7 Å². The first-order chi connectivity index (χ1) is 20.9. The fourth-order valence-electron chi connectivity index (χ4n) is 4.95. The minimum Gasteiger partial charge on any atom is -0.387 e. The second-order valence-electron chi connectivity index (χ2n) is 9.68. The predicted molar refractivity (Wildman–Crippen MR) is 154 cm³/mol. The van der Waals surface area contributed by atoms with E-state index < -0.39 is 81.2 Å². The van der Waals surface area contributed by atoms with E-state index >= 15 is 8.78 Å². The molecule has 6 heterocycles. The largest absolute Gasteiger partial charge is 0.387 e. The summed E-state index contributed by atoms with van der Waals surface area (Å²) in [5.41, 5.74) is 8.96. The van der Waals surface area contributed by atoms with Crippen LogP contribution in [0.4, 0.5) is 20.5 Å². The van der Waals surface area contributed by atoms with E-state index in [1.54, 1.807) is 0 Å². The average molecular weight is 698 g/mol. The van der Waals surface area contributed by atoms with E-state index in [9.17, 15) is 19.7 Å². The number of aliphatic hydroxyl groups is 1. The second-order valence-corrected chi connectivity index (χ2v) is 15.1. The third-order valence-electron chi connectivity index (χ3n) is 7.01. The molecule has 2 saturated heterocycles. The maximum atomic E-state index is 16.0. The average Bonchev–Trinajstić information content (AvgIpc) is 3.72. The smallest absolute Gasteiger partial charge is 0.280 e. The number of nitrogens with one attached hydrogen (secondary N) is 1. The monoisotopic (exact) mass is 697 g/mol. The summed E-state index contributed by atoms with van der Waals surface area (Å²) < 4.78 is 55.4. The van der Waals surface area contributed by atoms with Crippen molar-refractivity contribution < 1.29 is 42.2 Å². The van der Waals surface area contributed by atoms with Gasteiger partial charge in [0.25, 0.3) is 5.56 Å². The van der Waals surface area contributed by atoms with Gasteiger partial charge in [-0.2, -0.15) is 9.67 Å². The van der Waals surface area contributed by atoms with Gasteiger partial charge in [0.2, 0.25) is 5.95 Å². The van der Waals surface area contributed by atoms with E-state index in [-0.39, 0.29) is 34.1 Å². The Labute approximate surface area is 254 Å². The highest BCUT2D eigenvalue weighted by Crippen LogP contribution is 2.59. The molecule has 0 amide bonds. The lowest BCUT2D eigenvalue weighted by Crippen LogP contribution is -2.34. The van der Waals surface area contributed by atoms with E-state index in [4.69, 9.17) is 41.8 Å². The molecule has 0 aromatic carbocycles. The van der Waals surface area contributed by atoms with Crippen molar-refractivity contribution in [1.82, 2.24) is 44.5 Å². The molecule has 4 aromatic heterocycles. The minimum atomic E-state index is -4.29. The Balaban J connectivity index is 1.26. The molecule has 10 atom stereocenters. The Morgan fingerprint density at radius 1 is 1.11 bits per heavy atom. The number of aliphatic hydroxyl groups excluding tert-OH is 1. The Kier molecular flexibility index (Phi) is 8.47. The van der Waals surface area contributed by atoms with Crippen molar-refractivity contribution in [2.45, 2.75) is 48.8 Å². The van der Waals surface area contributed by atoms with Crippen LogP contribution >= 0.6 is 13.6 Å². The molecule has 25 heteroatoms. The van der Waals surface area contributed by atoms with Crippen LogP contribution in [0.15, 0.2) is 17.4 Å². The van der Waals surface area contributed by atoms with Crippen molar-refractivity contribution in [3.63, 3.8) is 0 Å². The summed E-state index contributed by atoms with van der Waals surface area (Å²) in [6.07, 6.45) is -9.48. The number of anilines is 2. The van der Waals surface area contributed by atoms with Gasteiger partial charge in [0.1, 0.15) is 36.5 Å². The number of fused-ring (bicyclic) bond motifs is 2. The van der Waals surface area contributed by atoms with Gasteiger partial charge in [-0.05, 0) is 23.6 Å². The number of hydrogen-bond acceptors (Lipinski definition) is 16. The van der Waals surface area contributed by atoms with Crippen molar-refractivity contribution in [3.05, 3.63) is 23.0 Å². The number of halogens is 2. The summed E-state index contributed by atoms with van der Waals surface area (Å²) >= 11 is 10.0. The highest BCUT2D eigenvalue weighted by atomic mass is 32.5. The topological polar surface area (TPSA) is 270 Å². The van der Waals surface area contributed by atoms with Crippen LogP contribution in [-0.2, 0) is 42.1 Å². The van der Waals surface area contributed by atoms with Crippen LogP contribution in [0.2, 0.25) is 0 Å². The Morgan fingerprint density at radius 2 is 1.86 bits per heavy atom. The lowest BCUT2D eigenvalue weighted by molar-refractivity contribution is -0.0476. The number of imidazole rings is 1. The Bertz CT molecular complexity index is 1850. The number of H-pyrrole nitrogens is 1. The Hall–Kier alpha value is -2.69. The number of aromatic amines is 1. The number of hydrogen-bond donors (Lipinski definition) is 6. The normalized spacial score (nSPS) is 31.1. The van der Waals surface area contributed by atoms with Gasteiger partial charge in [0.15, 0.2) is 60.4 Å². The molecule has 2 unspecified atom stereocenters. The highest BCUT2D eigenvalue weighted by molar-refractivity contribution is 8.09. The van der Waals surface area contributed by atoms with Gasteiger partial charge in [-0.15, -0.1) is 5.10 Å². The molecule has 0 spiro atoms. The van der Waals surface area contributed by atoms with Crippen LogP contribution in [-0.4, -0.2) is 109 Å². The first-order valence-electron chi connectivity index (χ1n) is 12.5. The van der Waals surface area contributed by atoms with E-state index in [2.05, 4.69) is 47.0 Å². The fourth-order valence-corrected chi connectivity index (χ4v) is 7.93. The first-order valence-corrected chi connectivity index (χ1v) is 17.7. The van der Waals surface area contributed by atoms with E-state index in [1.807, 2.05) is 0 Å². The van der Waals surface area contributed by atoms with Gasteiger partial charge in [0.05, 0.1) is 19.5 Å². The van der Waals surface area contributed by atoms with Gasteiger partial charge >= 0.3 is 0 Å². The Morgan fingerprint density at radius 3 is 2.61 bits per heavy atom. The maximum Gasteiger partial charge on any atom is 0.280 e. The molecule has 2 fully saturated rings. The third kappa shape index (κ3) is 5.51. The number of alkyl halides is 2. The van der Waals surface area contributed by atoms with Crippen LogP contribution in [0.5, 0.6) is 0 Å². The number of ether oxygens (including phenoxy) is 2. The number of nitrogens with two attached hydrogens (primary N) is 2. The molecular formula is C19H23F2N11O8P2S2. The molecule has 19 nitrogen and oxygen atoms in total. The molecule has 0 saturated carbocycles. The molecule has 4 aromatic rings. The first kappa shape index (κ1) is 31.3. The summed E-state index contributed by atoms with van der Waals surface area (Å²) in [5, 5.41) is 18.2. The summed E-state index contributed by atoms with van der Waals surface area (Å²) in [6, 6.07) is 0. The third-order valence-corrected chi connectivity index (χ3v) is 10.6. The SMILES string of the molecule is Nc1nc2c(ncn2[C@@H]2O[C@H](CO[PH](O)=S)[C@@H](F)[C@H]2P(O)(=S)OC[C@H]2O[C@@H](n3nnc4c(N)ncnc43)[C@@H](F)[C@@H]2O)c(=O)[nH]1. The molecule has 0 aliphatic carbocycles. The summed E-state index contributed by atoms with van der Waals surface area (Å²) in [5.74, 6) is -0.281.